The maximum absolute atomic E-state index is 12.6. The van der Waals surface area contributed by atoms with Crippen LogP contribution in [-0.4, -0.2) is 83.3 Å². The van der Waals surface area contributed by atoms with E-state index in [0.29, 0.717) is 42.9 Å². The van der Waals surface area contributed by atoms with Gasteiger partial charge in [0, 0.05) is 39.7 Å². The highest BCUT2D eigenvalue weighted by Crippen LogP contribution is 2.31. The lowest BCUT2D eigenvalue weighted by molar-refractivity contribution is -0.143. The summed E-state index contributed by atoms with van der Waals surface area (Å²) in [6.07, 6.45) is 0.173. The van der Waals surface area contributed by atoms with Crippen LogP contribution >= 0.6 is 11.3 Å². The maximum Gasteiger partial charge on any atom is 0.315 e. The van der Waals surface area contributed by atoms with Crippen molar-refractivity contribution in [3.05, 3.63) is 5.01 Å². The second kappa shape index (κ2) is 8.06. The number of likely N-dealkylation sites (tertiary alicyclic amines) is 1. The van der Waals surface area contributed by atoms with Gasteiger partial charge in [0.2, 0.25) is 16.9 Å². The number of urea groups is 1. The topological polar surface area (TPSA) is 154 Å². The highest BCUT2D eigenvalue weighted by atomic mass is 32.1. The number of nitrogens with one attached hydrogen (secondary N) is 2. The van der Waals surface area contributed by atoms with Crippen LogP contribution in [0.3, 0.4) is 0 Å². The monoisotopic (exact) mass is 412 g/mol. The van der Waals surface area contributed by atoms with E-state index in [1.165, 1.54) is 16.2 Å². The number of hydrogen-bond acceptors (Lipinski definition) is 8. The first-order chi connectivity index (χ1) is 13.4. The summed E-state index contributed by atoms with van der Waals surface area (Å²) < 4.78 is 5.01. The van der Waals surface area contributed by atoms with Crippen LogP contribution < -0.4 is 15.5 Å². The van der Waals surface area contributed by atoms with Crippen LogP contribution in [0, 0.1) is 5.92 Å². The molecule has 152 valence electrons. The van der Waals surface area contributed by atoms with Crippen LogP contribution in [0.1, 0.15) is 11.4 Å². The van der Waals surface area contributed by atoms with Crippen molar-refractivity contribution in [1.29, 1.82) is 0 Å². The van der Waals surface area contributed by atoms with Gasteiger partial charge in [0.15, 0.2) is 0 Å². The lowest BCUT2D eigenvalue weighted by Crippen LogP contribution is -2.70. The molecule has 0 radical (unpaired) electrons. The van der Waals surface area contributed by atoms with Crippen molar-refractivity contribution in [2.45, 2.75) is 18.6 Å². The minimum absolute atomic E-state index is 0.0516. The van der Waals surface area contributed by atoms with Gasteiger partial charge in [-0.2, -0.15) is 0 Å². The highest BCUT2D eigenvalue weighted by Gasteiger charge is 2.51. The zero-order valence-corrected chi connectivity index (χ0v) is 15.9. The summed E-state index contributed by atoms with van der Waals surface area (Å²) in [5.41, 5.74) is -0.344. The molecule has 3 fully saturated rings. The maximum atomic E-state index is 12.6. The van der Waals surface area contributed by atoms with E-state index in [4.69, 9.17) is 14.6 Å². The van der Waals surface area contributed by atoms with Gasteiger partial charge >= 0.3 is 6.03 Å². The molecule has 4 amide bonds. The molecule has 28 heavy (non-hydrogen) atoms. The fourth-order valence-corrected chi connectivity index (χ4v) is 4.30. The van der Waals surface area contributed by atoms with Crippen molar-refractivity contribution in [3.8, 4) is 0 Å². The number of hydrogen-bond donors (Lipinski definition) is 3. The SMILES string of the molecule is COCc1nnc(N2CC(C(=O)N3CC4(CNC(=O)N4)C3)CC2=O)s1.O=CO. The number of nitrogens with zero attached hydrogens (tertiary/aromatic N) is 4. The van der Waals surface area contributed by atoms with Gasteiger partial charge in [-0.3, -0.25) is 19.3 Å². The van der Waals surface area contributed by atoms with Gasteiger partial charge in [-0.05, 0) is 0 Å². The van der Waals surface area contributed by atoms with Gasteiger partial charge in [-0.25, -0.2) is 4.79 Å². The quantitative estimate of drug-likeness (QED) is 0.512. The molecule has 3 saturated heterocycles. The number of carbonyl (C=O) groups is 4. The molecule has 1 aromatic heterocycles. The van der Waals surface area contributed by atoms with Crippen molar-refractivity contribution in [3.63, 3.8) is 0 Å². The number of rotatable bonds is 4. The Morgan fingerprint density at radius 3 is 2.75 bits per heavy atom. The molecule has 13 heteroatoms. The smallest absolute Gasteiger partial charge is 0.315 e. The standard InChI is InChI=1S/C14H18N6O4S.CH2O2/c1-24-4-9-17-18-13(25-9)20-3-8(2-10(20)21)11(22)19-6-14(7-19)5-15-12(23)16-14;2-1-3/h8H,2-7H2,1H3,(H2,15,16,23);1H,(H,2,3). The van der Waals surface area contributed by atoms with Gasteiger partial charge in [-0.15, -0.1) is 10.2 Å². The Morgan fingerprint density at radius 1 is 1.43 bits per heavy atom. The number of amides is 4. The molecule has 1 aromatic rings. The molecule has 12 nitrogen and oxygen atoms in total. The first-order valence-electron chi connectivity index (χ1n) is 8.45. The van der Waals surface area contributed by atoms with E-state index in [1.54, 1.807) is 12.0 Å². The van der Waals surface area contributed by atoms with Crippen molar-refractivity contribution in [2.24, 2.45) is 5.92 Å². The summed E-state index contributed by atoms with van der Waals surface area (Å²) in [5, 5.41) is 21.6. The van der Waals surface area contributed by atoms with E-state index in [9.17, 15) is 14.4 Å². The number of carbonyl (C=O) groups excluding carboxylic acids is 3. The van der Waals surface area contributed by atoms with Gasteiger partial charge in [0.25, 0.3) is 6.47 Å². The molecule has 1 unspecified atom stereocenters. The first kappa shape index (κ1) is 19.9. The number of aromatic nitrogens is 2. The largest absolute Gasteiger partial charge is 0.483 e. The molecule has 0 aromatic carbocycles. The van der Waals surface area contributed by atoms with E-state index in [0.717, 1.165) is 0 Å². The molecule has 0 bridgehead atoms. The van der Waals surface area contributed by atoms with Gasteiger partial charge in [0.1, 0.15) is 11.6 Å². The van der Waals surface area contributed by atoms with Gasteiger partial charge in [-0.1, -0.05) is 11.3 Å². The fraction of sp³-hybridized carbons (Fsp3) is 0.600. The predicted octanol–water partition coefficient (Wildman–Crippen LogP) is -1.37. The zero-order valence-electron chi connectivity index (χ0n) is 15.1. The molecular formula is C15H20N6O6S. The van der Waals surface area contributed by atoms with Crippen LogP contribution in [0.15, 0.2) is 0 Å². The van der Waals surface area contributed by atoms with E-state index in [1.807, 2.05) is 0 Å². The summed E-state index contributed by atoms with van der Waals surface area (Å²) in [6, 6.07) is -0.197. The molecule has 4 rings (SSSR count). The molecule has 1 atom stereocenters. The summed E-state index contributed by atoms with van der Waals surface area (Å²) in [6.45, 7) is 1.89. The lowest BCUT2D eigenvalue weighted by Gasteiger charge is -2.47. The Hall–Kier alpha value is -2.80. The summed E-state index contributed by atoms with van der Waals surface area (Å²) >= 11 is 1.29. The van der Waals surface area contributed by atoms with E-state index in [2.05, 4.69) is 20.8 Å². The minimum atomic E-state index is -0.385. The van der Waals surface area contributed by atoms with Crippen LogP contribution in [0.5, 0.6) is 0 Å². The van der Waals surface area contributed by atoms with Crippen LogP contribution in [0.25, 0.3) is 0 Å². The number of carboxylic acid groups (broad SMARTS) is 1. The minimum Gasteiger partial charge on any atom is -0.483 e. The molecule has 3 aliphatic rings. The Labute approximate surface area is 163 Å². The Morgan fingerprint density at radius 2 is 2.14 bits per heavy atom. The fourth-order valence-electron chi connectivity index (χ4n) is 3.46. The second-order valence-electron chi connectivity index (χ2n) is 6.70. The van der Waals surface area contributed by atoms with Gasteiger partial charge < -0.3 is 25.4 Å². The molecule has 4 heterocycles. The van der Waals surface area contributed by atoms with Crippen LogP contribution in [0.4, 0.5) is 9.93 Å². The molecule has 0 aliphatic carbocycles. The average Bonchev–Trinajstić information content (AvgIpc) is 3.32. The Balaban J connectivity index is 0.000000706. The molecule has 3 aliphatic heterocycles. The van der Waals surface area contributed by atoms with Crippen LogP contribution in [-0.2, 0) is 25.7 Å². The number of anilines is 1. The average molecular weight is 412 g/mol. The highest BCUT2D eigenvalue weighted by molar-refractivity contribution is 7.15. The van der Waals surface area contributed by atoms with E-state index in [-0.39, 0.29) is 42.2 Å². The summed E-state index contributed by atoms with van der Waals surface area (Å²) in [5.74, 6) is -0.557. The lowest BCUT2D eigenvalue weighted by atomic mass is 9.89. The van der Waals surface area contributed by atoms with Crippen LogP contribution in [0.2, 0.25) is 0 Å². The Kier molecular flexibility index (Phi) is 5.74. The van der Waals surface area contributed by atoms with Gasteiger partial charge in [0.05, 0.1) is 11.5 Å². The van der Waals surface area contributed by atoms with Crippen molar-refractivity contribution < 1.29 is 29.0 Å². The molecule has 1 spiro atoms. The molecule has 0 saturated carbocycles. The van der Waals surface area contributed by atoms with Crippen molar-refractivity contribution in [2.75, 3.05) is 38.2 Å². The van der Waals surface area contributed by atoms with Crippen molar-refractivity contribution >= 4 is 40.8 Å². The molecule has 3 N–H and O–H groups in total. The number of methoxy groups -OCH3 is 1. The predicted molar refractivity (Wildman–Crippen MR) is 95.6 cm³/mol. The van der Waals surface area contributed by atoms with E-state index < -0.39 is 0 Å². The van der Waals surface area contributed by atoms with E-state index >= 15 is 0 Å². The van der Waals surface area contributed by atoms with Crippen molar-refractivity contribution in [1.82, 2.24) is 25.7 Å². The summed E-state index contributed by atoms with van der Waals surface area (Å²) in [7, 11) is 1.57. The third kappa shape index (κ3) is 3.89. The number of ether oxygens (including phenoxy) is 1. The zero-order chi connectivity index (χ0) is 20.3. The first-order valence-corrected chi connectivity index (χ1v) is 9.27. The Bertz CT molecular complexity index is 779. The summed E-state index contributed by atoms with van der Waals surface area (Å²) in [4.78, 5) is 47.8. The normalized spacial score (nSPS) is 22.2. The third-order valence-electron chi connectivity index (χ3n) is 4.69. The third-order valence-corrected chi connectivity index (χ3v) is 5.61. The second-order valence-corrected chi connectivity index (χ2v) is 7.75. The molecular weight excluding hydrogens is 392 g/mol.